The van der Waals surface area contributed by atoms with E-state index in [2.05, 4.69) is 10.6 Å². The lowest BCUT2D eigenvalue weighted by molar-refractivity contribution is -0.121. The van der Waals surface area contributed by atoms with E-state index in [4.69, 9.17) is 4.74 Å². The van der Waals surface area contributed by atoms with E-state index >= 15 is 0 Å². The van der Waals surface area contributed by atoms with Crippen LogP contribution in [0.4, 0.5) is 0 Å². The van der Waals surface area contributed by atoms with Crippen LogP contribution in [-0.4, -0.2) is 29.7 Å². The summed E-state index contributed by atoms with van der Waals surface area (Å²) in [5, 5.41) is 15.5. The first-order valence-corrected chi connectivity index (χ1v) is 6.78. The summed E-state index contributed by atoms with van der Waals surface area (Å²) in [5.74, 6) is 0.549. The highest BCUT2D eigenvalue weighted by atomic mass is 16.5. The third-order valence-corrected chi connectivity index (χ3v) is 2.45. The normalized spacial score (nSPS) is 11.2. The van der Waals surface area contributed by atoms with Crippen molar-refractivity contribution in [1.82, 2.24) is 10.6 Å². The second-order valence-electron chi connectivity index (χ2n) is 5.64. The zero-order valence-corrected chi connectivity index (χ0v) is 12.6. The maximum absolute atomic E-state index is 11.6. The average Bonchev–Trinajstić information content (AvgIpc) is 2.31. The van der Waals surface area contributed by atoms with Crippen LogP contribution in [0.5, 0.6) is 11.5 Å². The van der Waals surface area contributed by atoms with E-state index in [9.17, 15) is 9.90 Å². The molecule has 0 radical (unpaired) electrons. The van der Waals surface area contributed by atoms with Gasteiger partial charge in [0, 0.05) is 12.1 Å². The topological polar surface area (TPSA) is 70.6 Å². The SMILES string of the molecule is CCOc1cc(CNCC(=O)NC(C)(C)C)ccc1O. The Kier molecular flexibility index (Phi) is 5.82. The molecule has 0 unspecified atom stereocenters. The highest BCUT2D eigenvalue weighted by molar-refractivity contribution is 5.78. The second-order valence-corrected chi connectivity index (χ2v) is 5.64. The van der Waals surface area contributed by atoms with Crippen LogP contribution < -0.4 is 15.4 Å². The Labute approximate surface area is 120 Å². The fourth-order valence-corrected chi connectivity index (χ4v) is 1.72. The Hall–Kier alpha value is -1.75. The molecule has 0 aliphatic heterocycles. The lowest BCUT2D eigenvalue weighted by atomic mass is 10.1. The van der Waals surface area contributed by atoms with Crippen molar-refractivity contribution in [2.75, 3.05) is 13.2 Å². The van der Waals surface area contributed by atoms with Crippen molar-refractivity contribution in [3.63, 3.8) is 0 Å². The smallest absolute Gasteiger partial charge is 0.234 e. The second kappa shape index (κ2) is 7.14. The number of hydrogen-bond donors (Lipinski definition) is 3. The highest BCUT2D eigenvalue weighted by Gasteiger charge is 2.13. The summed E-state index contributed by atoms with van der Waals surface area (Å²) in [7, 11) is 0. The number of carbonyl (C=O) groups excluding carboxylic acids is 1. The maximum atomic E-state index is 11.6. The molecule has 0 aliphatic rings. The van der Waals surface area contributed by atoms with Crippen molar-refractivity contribution in [2.45, 2.75) is 39.8 Å². The summed E-state index contributed by atoms with van der Waals surface area (Å²) in [5.41, 5.74) is 0.731. The molecular weight excluding hydrogens is 256 g/mol. The molecule has 20 heavy (non-hydrogen) atoms. The maximum Gasteiger partial charge on any atom is 0.234 e. The molecular formula is C15H24N2O3. The van der Waals surface area contributed by atoms with Gasteiger partial charge in [-0.25, -0.2) is 0 Å². The van der Waals surface area contributed by atoms with E-state index in [1.165, 1.54) is 0 Å². The van der Waals surface area contributed by atoms with Gasteiger partial charge in [-0.2, -0.15) is 0 Å². The van der Waals surface area contributed by atoms with Crippen LogP contribution in [0.15, 0.2) is 18.2 Å². The number of amides is 1. The zero-order valence-electron chi connectivity index (χ0n) is 12.6. The number of ether oxygens (including phenoxy) is 1. The van der Waals surface area contributed by atoms with Crippen molar-refractivity contribution < 1.29 is 14.6 Å². The van der Waals surface area contributed by atoms with Crippen molar-refractivity contribution in [3.05, 3.63) is 23.8 Å². The largest absolute Gasteiger partial charge is 0.504 e. The van der Waals surface area contributed by atoms with Crippen LogP contribution in [0.1, 0.15) is 33.3 Å². The fraction of sp³-hybridized carbons (Fsp3) is 0.533. The molecule has 1 aromatic carbocycles. The van der Waals surface area contributed by atoms with E-state index in [1.54, 1.807) is 18.2 Å². The molecule has 0 atom stereocenters. The summed E-state index contributed by atoms with van der Waals surface area (Å²) in [6.45, 7) is 8.98. The Balaban J connectivity index is 2.46. The number of phenols is 1. The molecule has 3 N–H and O–H groups in total. The molecule has 0 fully saturated rings. The van der Waals surface area contributed by atoms with Gasteiger partial charge in [-0.3, -0.25) is 4.79 Å². The number of phenolic OH excluding ortho intramolecular Hbond substituents is 1. The molecule has 5 nitrogen and oxygen atoms in total. The lowest BCUT2D eigenvalue weighted by Gasteiger charge is -2.20. The average molecular weight is 280 g/mol. The molecule has 0 saturated carbocycles. The van der Waals surface area contributed by atoms with Gasteiger partial charge < -0.3 is 20.5 Å². The number of rotatable bonds is 6. The Morgan fingerprint density at radius 2 is 2.05 bits per heavy atom. The van der Waals surface area contributed by atoms with Gasteiger partial charge in [0.1, 0.15) is 0 Å². The molecule has 0 aliphatic carbocycles. The van der Waals surface area contributed by atoms with E-state index in [0.29, 0.717) is 18.9 Å². The molecule has 1 amide bonds. The molecule has 0 spiro atoms. The first-order chi connectivity index (χ1) is 9.31. The van der Waals surface area contributed by atoms with Gasteiger partial charge in [-0.15, -0.1) is 0 Å². The van der Waals surface area contributed by atoms with E-state index in [1.807, 2.05) is 27.7 Å². The quantitative estimate of drug-likeness (QED) is 0.743. The van der Waals surface area contributed by atoms with Crippen LogP contribution in [-0.2, 0) is 11.3 Å². The molecule has 0 aromatic heterocycles. The summed E-state index contributed by atoms with van der Waals surface area (Å²) in [4.78, 5) is 11.6. The van der Waals surface area contributed by atoms with Crippen LogP contribution in [0.25, 0.3) is 0 Å². The third kappa shape index (κ3) is 5.93. The van der Waals surface area contributed by atoms with Gasteiger partial charge in [0.05, 0.1) is 13.2 Å². The predicted octanol–water partition coefficient (Wildman–Crippen LogP) is 1.80. The van der Waals surface area contributed by atoms with Crippen LogP contribution in [0.3, 0.4) is 0 Å². The van der Waals surface area contributed by atoms with E-state index < -0.39 is 0 Å². The Morgan fingerprint density at radius 1 is 1.35 bits per heavy atom. The van der Waals surface area contributed by atoms with E-state index in [-0.39, 0.29) is 23.7 Å². The number of benzene rings is 1. The van der Waals surface area contributed by atoms with Crippen molar-refractivity contribution in [2.24, 2.45) is 0 Å². The highest BCUT2D eigenvalue weighted by Crippen LogP contribution is 2.26. The number of carbonyl (C=O) groups is 1. The summed E-state index contributed by atoms with van der Waals surface area (Å²) in [6.07, 6.45) is 0. The molecule has 0 bridgehead atoms. The monoisotopic (exact) mass is 280 g/mol. The lowest BCUT2D eigenvalue weighted by Crippen LogP contribution is -2.44. The first kappa shape index (κ1) is 16.3. The van der Waals surface area contributed by atoms with Crippen molar-refractivity contribution >= 4 is 5.91 Å². The third-order valence-electron chi connectivity index (χ3n) is 2.45. The van der Waals surface area contributed by atoms with Gasteiger partial charge in [-0.1, -0.05) is 6.07 Å². The summed E-state index contributed by atoms with van der Waals surface area (Å²) in [6, 6.07) is 5.16. The van der Waals surface area contributed by atoms with Crippen LogP contribution in [0, 0.1) is 0 Å². The van der Waals surface area contributed by atoms with Crippen molar-refractivity contribution in [3.8, 4) is 11.5 Å². The molecule has 5 heteroatoms. The molecule has 1 aromatic rings. The minimum absolute atomic E-state index is 0.0405. The zero-order chi connectivity index (χ0) is 15.2. The minimum atomic E-state index is -0.223. The minimum Gasteiger partial charge on any atom is -0.504 e. The van der Waals surface area contributed by atoms with Gasteiger partial charge in [-0.05, 0) is 45.4 Å². The van der Waals surface area contributed by atoms with Crippen molar-refractivity contribution in [1.29, 1.82) is 0 Å². The first-order valence-electron chi connectivity index (χ1n) is 6.78. The molecule has 0 saturated heterocycles. The van der Waals surface area contributed by atoms with Crippen LogP contribution in [0.2, 0.25) is 0 Å². The number of nitrogens with one attached hydrogen (secondary N) is 2. The predicted molar refractivity (Wildman–Crippen MR) is 78.9 cm³/mol. The summed E-state index contributed by atoms with van der Waals surface area (Å²) < 4.78 is 5.31. The van der Waals surface area contributed by atoms with Gasteiger partial charge in [0.2, 0.25) is 5.91 Å². The van der Waals surface area contributed by atoms with Gasteiger partial charge in [0.25, 0.3) is 0 Å². The molecule has 0 heterocycles. The number of hydrogen-bond acceptors (Lipinski definition) is 4. The standard InChI is InChI=1S/C15H24N2O3/c1-5-20-13-8-11(6-7-12(13)18)9-16-10-14(19)17-15(2,3)4/h6-8,16,18H,5,9-10H2,1-4H3,(H,17,19). The van der Waals surface area contributed by atoms with E-state index in [0.717, 1.165) is 5.56 Å². The molecule has 112 valence electrons. The number of aromatic hydroxyl groups is 1. The Bertz CT molecular complexity index is 453. The fourth-order valence-electron chi connectivity index (χ4n) is 1.72. The molecule has 1 rings (SSSR count). The van der Waals surface area contributed by atoms with Crippen LogP contribution >= 0.6 is 0 Å². The summed E-state index contributed by atoms with van der Waals surface area (Å²) >= 11 is 0. The Morgan fingerprint density at radius 3 is 2.65 bits per heavy atom. The van der Waals surface area contributed by atoms with Gasteiger partial charge in [0.15, 0.2) is 11.5 Å². The van der Waals surface area contributed by atoms with Gasteiger partial charge >= 0.3 is 0 Å².